The van der Waals surface area contributed by atoms with Crippen LogP contribution in [-0.4, -0.2) is 27.1 Å². The highest BCUT2D eigenvalue weighted by molar-refractivity contribution is 4.90. The first-order valence-electron chi connectivity index (χ1n) is 4.91. The van der Waals surface area contributed by atoms with E-state index < -0.39 is 24.8 Å². The molecule has 2 rings (SSSR count). The van der Waals surface area contributed by atoms with Gasteiger partial charge in [0.15, 0.2) is 0 Å². The summed E-state index contributed by atoms with van der Waals surface area (Å²) in [5, 5.41) is 6.85. The molecule has 8 heteroatoms. The van der Waals surface area contributed by atoms with E-state index in [9.17, 15) is 18.0 Å². The van der Waals surface area contributed by atoms with E-state index in [2.05, 4.69) is 10.4 Å². The number of halogens is 3. The fourth-order valence-electron chi connectivity index (χ4n) is 1.61. The second kappa shape index (κ2) is 3.93. The van der Waals surface area contributed by atoms with E-state index in [1.165, 1.54) is 4.57 Å². The lowest BCUT2D eigenvalue weighted by Crippen LogP contribution is -2.34. The summed E-state index contributed by atoms with van der Waals surface area (Å²) in [6, 6.07) is 0. The number of hydrogen-bond acceptors (Lipinski definition) is 3. The normalized spacial score (nSPS) is 16.2. The van der Waals surface area contributed by atoms with E-state index in [1.54, 1.807) is 0 Å². The second-order valence-electron chi connectivity index (χ2n) is 3.62. The maximum Gasteiger partial charge on any atom is 0.390 e. The van der Waals surface area contributed by atoms with Crippen LogP contribution in [0.4, 0.5) is 13.2 Å². The number of hydrogen-bond donors (Lipinski definition) is 1. The maximum absolute atomic E-state index is 12.0. The van der Waals surface area contributed by atoms with E-state index in [0.29, 0.717) is 25.5 Å². The summed E-state index contributed by atoms with van der Waals surface area (Å²) in [5.41, 5.74) is -0.458. The first-order chi connectivity index (χ1) is 7.47. The van der Waals surface area contributed by atoms with Crippen molar-refractivity contribution >= 4 is 0 Å². The van der Waals surface area contributed by atoms with Gasteiger partial charge in [-0.2, -0.15) is 18.3 Å². The summed E-state index contributed by atoms with van der Waals surface area (Å²) >= 11 is 0. The first kappa shape index (κ1) is 11.2. The van der Waals surface area contributed by atoms with Crippen LogP contribution >= 0.6 is 0 Å². The van der Waals surface area contributed by atoms with E-state index in [1.807, 2.05) is 0 Å². The molecule has 0 radical (unpaired) electrons. The first-order valence-corrected chi connectivity index (χ1v) is 4.91. The van der Waals surface area contributed by atoms with Crippen LogP contribution in [0.2, 0.25) is 0 Å². The molecule has 0 unspecified atom stereocenters. The zero-order valence-corrected chi connectivity index (χ0v) is 8.42. The zero-order chi connectivity index (χ0) is 11.8. The van der Waals surface area contributed by atoms with Crippen molar-refractivity contribution in [2.24, 2.45) is 0 Å². The number of alkyl halides is 3. The molecule has 1 aliphatic rings. The third-order valence-electron chi connectivity index (χ3n) is 2.40. The Morgan fingerprint density at radius 1 is 1.44 bits per heavy atom. The Hall–Kier alpha value is -1.31. The number of aromatic nitrogens is 3. The Morgan fingerprint density at radius 3 is 2.81 bits per heavy atom. The number of fused-ring (bicyclic) bond motifs is 1. The van der Waals surface area contributed by atoms with Gasteiger partial charge in [-0.25, -0.2) is 9.48 Å². The Labute approximate surface area is 88.9 Å². The SMILES string of the molecule is O=c1n(CCC(F)(F)F)nc2n1CCNC2. The van der Waals surface area contributed by atoms with Gasteiger partial charge in [0, 0.05) is 13.1 Å². The summed E-state index contributed by atoms with van der Waals surface area (Å²) < 4.78 is 38.3. The van der Waals surface area contributed by atoms with Gasteiger partial charge >= 0.3 is 11.9 Å². The molecule has 0 aliphatic carbocycles. The van der Waals surface area contributed by atoms with Gasteiger partial charge in [-0.3, -0.25) is 4.57 Å². The van der Waals surface area contributed by atoms with E-state index >= 15 is 0 Å². The van der Waals surface area contributed by atoms with Gasteiger partial charge in [0.25, 0.3) is 0 Å². The highest BCUT2D eigenvalue weighted by Crippen LogP contribution is 2.19. The molecule has 1 aliphatic heterocycles. The smallest absolute Gasteiger partial charge is 0.308 e. The molecule has 0 fully saturated rings. The molecule has 0 saturated heterocycles. The minimum Gasteiger partial charge on any atom is -0.308 e. The van der Waals surface area contributed by atoms with E-state index in [4.69, 9.17) is 0 Å². The molecule has 0 spiro atoms. The Kier molecular flexibility index (Phi) is 2.75. The van der Waals surface area contributed by atoms with Crippen molar-refractivity contribution in [2.75, 3.05) is 6.54 Å². The largest absolute Gasteiger partial charge is 0.390 e. The molecule has 2 heterocycles. The summed E-state index contributed by atoms with van der Waals surface area (Å²) in [6.07, 6.45) is -5.29. The molecular formula is C8H11F3N4O. The molecule has 5 nitrogen and oxygen atoms in total. The van der Waals surface area contributed by atoms with Gasteiger partial charge in [0.05, 0.1) is 19.5 Å². The molecule has 1 aromatic rings. The van der Waals surface area contributed by atoms with Crippen LogP contribution in [0, 0.1) is 0 Å². The van der Waals surface area contributed by atoms with Crippen molar-refractivity contribution in [1.82, 2.24) is 19.7 Å². The number of nitrogens with one attached hydrogen (secondary N) is 1. The van der Waals surface area contributed by atoms with Crippen LogP contribution < -0.4 is 11.0 Å². The minimum absolute atomic E-state index is 0.414. The van der Waals surface area contributed by atoms with E-state index in [-0.39, 0.29) is 0 Å². The summed E-state index contributed by atoms with van der Waals surface area (Å²) in [6.45, 7) is 1.11. The number of aryl methyl sites for hydroxylation is 1. The summed E-state index contributed by atoms with van der Waals surface area (Å²) in [4.78, 5) is 11.6. The molecule has 16 heavy (non-hydrogen) atoms. The Balaban J connectivity index is 2.16. The number of nitrogens with zero attached hydrogens (tertiary/aromatic N) is 3. The van der Waals surface area contributed by atoms with Crippen molar-refractivity contribution in [1.29, 1.82) is 0 Å². The third-order valence-corrected chi connectivity index (χ3v) is 2.40. The van der Waals surface area contributed by atoms with E-state index in [0.717, 1.165) is 4.68 Å². The molecule has 0 amide bonds. The second-order valence-corrected chi connectivity index (χ2v) is 3.62. The van der Waals surface area contributed by atoms with Crippen molar-refractivity contribution < 1.29 is 13.2 Å². The highest BCUT2D eigenvalue weighted by atomic mass is 19.4. The molecule has 0 saturated carbocycles. The monoisotopic (exact) mass is 236 g/mol. The van der Waals surface area contributed by atoms with Gasteiger partial charge in [0.1, 0.15) is 5.82 Å². The molecular weight excluding hydrogens is 225 g/mol. The van der Waals surface area contributed by atoms with Crippen LogP contribution in [-0.2, 0) is 19.6 Å². The van der Waals surface area contributed by atoms with Crippen LogP contribution in [0.5, 0.6) is 0 Å². The van der Waals surface area contributed by atoms with Crippen molar-refractivity contribution in [3.63, 3.8) is 0 Å². The lowest BCUT2D eigenvalue weighted by molar-refractivity contribution is -0.137. The lowest BCUT2D eigenvalue weighted by atomic mass is 10.4. The fourth-order valence-corrected chi connectivity index (χ4v) is 1.61. The van der Waals surface area contributed by atoms with Gasteiger partial charge in [-0.1, -0.05) is 0 Å². The molecule has 0 aromatic carbocycles. The molecule has 0 bridgehead atoms. The van der Waals surface area contributed by atoms with Crippen molar-refractivity contribution in [3.05, 3.63) is 16.3 Å². The van der Waals surface area contributed by atoms with Gasteiger partial charge in [0.2, 0.25) is 0 Å². The zero-order valence-electron chi connectivity index (χ0n) is 8.42. The maximum atomic E-state index is 12.0. The summed E-state index contributed by atoms with van der Waals surface area (Å²) in [5.74, 6) is 0.499. The number of rotatable bonds is 2. The van der Waals surface area contributed by atoms with Crippen molar-refractivity contribution in [2.45, 2.75) is 32.2 Å². The predicted molar refractivity (Wildman–Crippen MR) is 48.9 cm³/mol. The van der Waals surface area contributed by atoms with Gasteiger partial charge in [-0.05, 0) is 0 Å². The van der Waals surface area contributed by atoms with Crippen LogP contribution in [0.1, 0.15) is 12.2 Å². The molecule has 0 atom stereocenters. The lowest BCUT2D eigenvalue weighted by Gasteiger charge is -2.11. The summed E-state index contributed by atoms with van der Waals surface area (Å²) in [7, 11) is 0. The molecule has 1 aromatic heterocycles. The van der Waals surface area contributed by atoms with Gasteiger partial charge < -0.3 is 5.32 Å². The Bertz CT molecular complexity index is 433. The topological polar surface area (TPSA) is 51.9 Å². The van der Waals surface area contributed by atoms with Crippen molar-refractivity contribution in [3.8, 4) is 0 Å². The fraction of sp³-hybridized carbons (Fsp3) is 0.750. The molecule has 1 N–H and O–H groups in total. The standard InChI is InChI=1S/C8H11F3N4O/c9-8(10,11)1-3-15-7(16)14-4-2-12-5-6(14)13-15/h12H,1-5H2. The van der Waals surface area contributed by atoms with Crippen LogP contribution in [0.25, 0.3) is 0 Å². The average molecular weight is 236 g/mol. The Morgan fingerprint density at radius 2 is 2.19 bits per heavy atom. The minimum atomic E-state index is -4.26. The van der Waals surface area contributed by atoms with Crippen LogP contribution in [0.15, 0.2) is 4.79 Å². The van der Waals surface area contributed by atoms with Crippen LogP contribution in [0.3, 0.4) is 0 Å². The predicted octanol–water partition coefficient (Wildman–Crippen LogP) is 0.100. The highest BCUT2D eigenvalue weighted by Gasteiger charge is 2.28. The average Bonchev–Trinajstić information content (AvgIpc) is 2.53. The third kappa shape index (κ3) is 2.26. The quantitative estimate of drug-likeness (QED) is 0.792. The molecule has 90 valence electrons. The van der Waals surface area contributed by atoms with Gasteiger partial charge in [-0.15, -0.1) is 0 Å².